The van der Waals surface area contributed by atoms with Crippen molar-refractivity contribution in [3.05, 3.63) is 53.1 Å². The van der Waals surface area contributed by atoms with Crippen LogP contribution in [0.4, 0.5) is 0 Å². The molecule has 0 aromatic heterocycles. The largest absolute Gasteiger partial charge is 0.508 e. The SMILES string of the molecule is CC(=O)Oc1cc(C)c(/C=N/NC(=O)Cc2cccc(O)c2)c(O)c1. The molecule has 0 aliphatic heterocycles. The van der Waals surface area contributed by atoms with E-state index in [1.54, 1.807) is 25.1 Å². The number of esters is 1. The van der Waals surface area contributed by atoms with E-state index >= 15 is 0 Å². The van der Waals surface area contributed by atoms with Gasteiger partial charge >= 0.3 is 5.97 Å². The van der Waals surface area contributed by atoms with Crippen molar-refractivity contribution in [2.75, 3.05) is 0 Å². The lowest BCUT2D eigenvalue weighted by Gasteiger charge is -2.07. The van der Waals surface area contributed by atoms with Crippen molar-refractivity contribution >= 4 is 18.1 Å². The Bertz CT molecular complexity index is 807. The number of aryl methyl sites for hydroxylation is 1. The maximum atomic E-state index is 11.8. The van der Waals surface area contributed by atoms with Crippen molar-refractivity contribution in [2.45, 2.75) is 20.3 Å². The van der Waals surface area contributed by atoms with E-state index in [1.807, 2.05) is 0 Å². The number of hydrogen-bond donors (Lipinski definition) is 3. The van der Waals surface area contributed by atoms with Gasteiger partial charge in [-0.3, -0.25) is 9.59 Å². The van der Waals surface area contributed by atoms with Gasteiger partial charge < -0.3 is 14.9 Å². The average molecular weight is 342 g/mol. The topological polar surface area (TPSA) is 108 Å². The van der Waals surface area contributed by atoms with Crippen molar-refractivity contribution in [1.29, 1.82) is 0 Å². The third kappa shape index (κ3) is 5.35. The number of nitrogens with one attached hydrogen (secondary N) is 1. The first-order valence-electron chi connectivity index (χ1n) is 7.47. The molecule has 0 spiro atoms. The first-order valence-corrected chi connectivity index (χ1v) is 7.47. The molecule has 0 atom stereocenters. The Morgan fingerprint density at radius 3 is 2.64 bits per heavy atom. The standard InChI is InChI=1S/C18H18N2O5/c1-11-6-15(25-12(2)21)9-17(23)16(11)10-19-20-18(24)8-13-4-3-5-14(22)7-13/h3-7,9-10,22-23H,8H2,1-2H3,(H,20,24)/b19-10+. The van der Waals surface area contributed by atoms with Crippen molar-refractivity contribution in [1.82, 2.24) is 5.43 Å². The lowest BCUT2D eigenvalue weighted by molar-refractivity contribution is -0.131. The zero-order valence-corrected chi connectivity index (χ0v) is 13.8. The van der Waals surface area contributed by atoms with E-state index in [1.165, 1.54) is 31.3 Å². The summed E-state index contributed by atoms with van der Waals surface area (Å²) in [5.41, 5.74) is 4.03. The molecule has 0 unspecified atom stereocenters. The summed E-state index contributed by atoms with van der Waals surface area (Å²) in [6.07, 6.45) is 1.37. The summed E-state index contributed by atoms with van der Waals surface area (Å²) in [7, 11) is 0. The number of rotatable bonds is 5. The van der Waals surface area contributed by atoms with Gasteiger partial charge in [0.2, 0.25) is 5.91 Å². The number of phenolic OH excluding ortho intramolecular Hbond substituents is 2. The molecule has 7 nitrogen and oxygen atoms in total. The van der Waals surface area contributed by atoms with Crippen LogP contribution >= 0.6 is 0 Å². The van der Waals surface area contributed by atoms with Crippen LogP contribution in [-0.4, -0.2) is 28.3 Å². The third-order valence-electron chi connectivity index (χ3n) is 3.26. The highest BCUT2D eigenvalue weighted by Gasteiger charge is 2.08. The van der Waals surface area contributed by atoms with Crippen LogP contribution in [0.1, 0.15) is 23.6 Å². The Balaban J connectivity index is 2.01. The number of benzene rings is 2. The number of hydrogen-bond acceptors (Lipinski definition) is 6. The van der Waals surface area contributed by atoms with Crippen molar-refractivity contribution in [3.8, 4) is 17.2 Å². The molecule has 2 rings (SSSR count). The smallest absolute Gasteiger partial charge is 0.308 e. The fourth-order valence-corrected chi connectivity index (χ4v) is 2.20. The number of hydrazone groups is 1. The lowest BCUT2D eigenvalue weighted by Crippen LogP contribution is -2.19. The average Bonchev–Trinajstić information content (AvgIpc) is 2.49. The van der Waals surface area contributed by atoms with E-state index < -0.39 is 5.97 Å². The summed E-state index contributed by atoms with van der Waals surface area (Å²) >= 11 is 0. The maximum Gasteiger partial charge on any atom is 0.308 e. The number of aromatic hydroxyl groups is 2. The highest BCUT2D eigenvalue weighted by Crippen LogP contribution is 2.26. The molecule has 25 heavy (non-hydrogen) atoms. The molecule has 0 aliphatic rings. The molecule has 2 aromatic rings. The molecule has 0 bridgehead atoms. The number of ether oxygens (including phenoxy) is 1. The third-order valence-corrected chi connectivity index (χ3v) is 3.26. The Morgan fingerprint density at radius 2 is 2.00 bits per heavy atom. The predicted molar refractivity (Wildman–Crippen MR) is 91.7 cm³/mol. The normalized spacial score (nSPS) is 10.6. The Hall–Kier alpha value is -3.35. The van der Waals surface area contributed by atoms with Crippen LogP contribution in [0.25, 0.3) is 0 Å². The molecule has 0 radical (unpaired) electrons. The summed E-state index contributed by atoms with van der Waals surface area (Å²) in [6, 6.07) is 9.25. The first kappa shape index (κ1) is 18.0. The number of carbonyl (C=O) groups is 2. The minimum absolute atomic E-state index is 0.0576. The minimum Gasteiger partial charge on any atom is -0.508 e. The van der Waals surface area contributed by atoms with Gasteiger partial charge in [0.15, 0.2) is 0 Å². The number of carbonyl (C=O) groups excluding carboxylic acids is 2. The van der Waals surface area contributed by atoms with Gasteiger partial charge in [0.05, 0.1) is 12.6 Å². The highest BCUT2D eigenvalue weighted by atomic mass is 16.5. The van der Waals surface area contributed by atoms with Crippen LogP contribution in [0.2, 0.25) is 0 Å². The second-order valence-corrected chi connectivity index (χ2v) is 5.41. The van der Waals surface area contributed by atoms with E-state index in [0.717, 1.165) is 0 Å². The van der Waals surface area contributed by atoms with E-state index in [2.05, 4.69) is 10.5 Å². The van der Waals surface area contributed by atoms with E-state index in [9.17, 15) is 19.8 Å². The van der Waals surface area contributed by atoms with Crippen LogP contribution in [0.5, 0.6) is 17.2 Å². The monoisotopic (exact) mass is 342 g/mol. The Morgan fingerprint density at radius 1 is 1.24 bits per heavy atom. The van der Waals surface area contributed by atoms with E-state index in [0.29, 0.717) is 16.7 Å². The van der Waals surface area contributed by atoms with Crippen LogP contribution in [0, 0.1) is 6.92 Å². The van der Waals surface area contributed by atoms with Crippen LogP contribution in [-0.2, 0) is 16.0 Å². The second-order valence-electron chi connectivity index (χ2n) is 5.41. The Kier molecular flexibility index (Phi) is 5.73. The lowest BCUT2D eigenvalue weighted by atomic mass is 10.1. The predicted octanol–water partition coefficient (Wildman–Crippen LogP) is 2.02. The molecule has 2 aromatic carbocycles. The van der Waals surface area contributed by atoms with Crippen LogP contribution in [0.3, 0.4) is 0 Å². The summed E-state index contributed by atoms with van der Waals surface area (Å²) in [6.45, 7) is 2.98. The van der Waals surface area contributed by atoms with Gasteiger partial charge in [0.25, 0.3) is 0 Å². The van der Waals surface area contributed by atoms with Gasteiger partial charge in [-0.05, 0) is 36.2 Å². The first-order chi connectivity index (χ1) is 11.8. The van der Waals surface area contributed by atoms with Gasteiger partial charge in [-0.2, -0.15) is 5.10 Å². The van der Waals surface area contributed by atoms with Gasteiger partial charge in [-0.15, -0.1) is 0 Å². The molecule has 0 fully saturated rings. The molecule has 130 valence electrons. The Labute approximate surface area is 144 Å². The quantitative estimate of drug-likeness (QED) is 0.333. The second kappa shape index (κ2) is 7.96. The molecule has 7 heteroatoms. The fraction of sp³-hybridized carbons (Fsp3) is 0.167. The zero-order chi connectivity index (χ0) is 18.4. The van der Waals surface area contributed by atoms with E-state index in [-0.39, 0.29) is 29.6 Å². The minimum atomic E-state index is -0.487. The molecular formula is C18H18N2O5. The van der Waals surface area contributed by atoms with Gasteiger partial charge in [-0.1, -0.05) is 12.1 Å². The van der Waals surface area contributed by atoms with Crippen molar-refractivity contribution < 1.29 is 24.5 Å². The maximum absolute atomic E-state index is 11.8. The van der Waals surface area contributed by atoms with Gasteiger partial charge in [0, 0.05) is 18.6 Å². The number of phenols is 2. The van der Waals surface area contributed by atoms with E-state index in [4.69, 9.17) is 4.74 Å². The fourth-order valence-electron chi connectivity index (χ4n) is 2.20. The summed E-state index contributed by atoms with van der Waals surface area (Å²) in [4.78, 5) is 22.8. The zero-order valence-electron chi connectivity index (χ0n) is 13.8. The molecule has 0 aliphatic carbocycles. The highest BCUT2D eigenvalue weighted by molar-refractivity contribution is 5.87. The van der Waals surface area contributed by atoms with Gasteiger partial charge in [0.1, 0.15) is 17.2 Å². The number of amides is 1. The summed E-state index contributed by atoms with van der Waals surface area (Å²) in [5.74, 6) is -0.660. The van der Waals surface area contributed by atoms with Crippen molar-refractivity contribution in [3.63, 3.8) is 0 Å². The van der Waals surface area contributed by atoms with Crippen LogP contribution in [0.15, 0.2) is 41.5 Å². The van der Waals surface area contributed by atoms with Crippen molar-refractivity contribution in [2.24, 2.45) is 5.10 Å². The summed E-state index contributed by atoms with van der Waals surface area (Å²) < 4.78 is 4.92. The molecule has 3 N–H and O–H groups in total. The molecular weight excluding hydrogens is 324 g/mol. The molecule has 0 heterocycles. The summed E-state index contributed by atoms with van der Waals surface area (Å²) in [5, 5.41) is 23.2. The number of nitrogens with zero attached hydrogens (tertiary/aromatic N) is 1. The van der Waals surface area contributed by atoms with Crippen LogP contribution < -0.4 is 10.2 Å². The van der Waals surface area contributed by atoms with Gasteiger partial charge in [-0.25, -0.2) is 5.43 Å². The molecule has 0 saturated carbocycles. The molecule has 1 amide bonds. The molecule has 0 saturated heterocycles.